The van der Waals surface area contributed by atoms with Gasteiger partial charge in [-0.1, -0.05) is 18.2 Å². The van der Waals surface area contributed by atoms with E-state index in [-0.39, 0.29) is 11.2 Å². The van der Waals surface area contributed by atoms with Gasteiger partial charge in [-0.05, 0) is 57.7 Å². The summed E-state index contributed by atoms with van der Waals surface area (Å²) in [5.74, 6) is 0. The second-order valence-electron chi connectivity index (χ2n) is 7.22. The Balaban J connectivity index is 1.56. The van der Waals surface area contributed by atoms with Crippen LogP contribution in [0.1, 0.15) is 38.5 Å². The summed E-state index contributed by atoms with van der Waals surface area (Å²) in [6.45, 7) is 2.14. The number of nitrogens with one attached hydrogen (secondary N) is 1. The van der Waals surface area contributed by atoms with Crippen molar-refractivity contribution in [3.63, 3.8) is 0 Å². The minimum atomic E-state index is 0.0952. The molecule has 3 aliphatic rings. The maximum Gasteiger partial charge on any atom is 0.0867 e. The molecule has 3 fully saturated rings. The number of rotatable bonds is 2. The molecule has 1 saturated heterocycles. The van der Waals surface area contributed by atoms with Gasteiger partial charge in [0.2, 0.25) is 0 Å². The summed E-state index contributed by atoms with van der Waals surface area (Å²) >= 11 is 0. The van der Waals surface area contributed by atoms with Gasteiger partial charge < -0.3 is 15.0 Å². The quantitative estimate of drug-likeness (QED) is 0.904. The number of anilines is 1. The first-order valence-corrected chi connectivity index (χ1v) is 8.40. The van der Waals surface area contributed by atoms with E-state index in [0.29, 0.717) is 6.04 Å². The Morgan fingerprint density at radius 3 is 2.19 bits per heavy atom. The van der Waals surface area contributed by atoms with E-state index < -0.39 is 0 Å². The lowest BCUT2D eigenvalue weighted by Gasteiger charge is -2.50. The molecule has 0 bridgehead atoms. The molecule has 0 atom stereocenters. The fourth-order valence-electron chi connectivity index (χ4n) is 4.19. The maximum absolute atomic E-state index is 6.69. The Labute approximate surface area is 127 Å². The lowest BCUT2D eigenvalue weighted by atomic mass is 9.80. The van der Waals surface area contributed by atoms with Crippen molar-refractivity contribution < 1.29 is 4.74 Å². The molecule has 21 heavy (non-hydrogen) atoms. The molecule has 1 heterocycles. The van der Waals surface area contributed by atoms with Gasteiger partial charge in [-0.25, -0.2) is 0 Å². The second-order valence-corrected chi connectivity index (χ2v) is 7.22. The largest absolute Gasteiger partial charge is 0.366 e. The van der Waals surface area contributed by atoms with Crippen LogP contribution in [-0.4, -0.2) is 37.4 Å². The molecule has 1 N–H and O–H groups in total. The SMILES string of the molecule is CN[C@H]1CC[C@]2(CC1)CN(c1ccccc1)CC1(CC1)O2. The predicted molar refractivity (Wildman–Crippen MR) is 85.8 cm³/mol. The molecule has 2 aliphatic carbocycles. The van der Waals surface area contributed by atoms with Crippen molar-refractivity contribution >= 4 is 5.69 Å². The van der Waals surface area contributed by atoms with Crippen molar-refractivity contribution in [2.45, 2.75) is 55.8 Å². The monoisotopic (exact) mass is 286 g/mol. The second kappa shape index (κ2) is 4.99. The minimum Gasteiger partial charge on any atom is -0.366 e. The summed E-state index contributed by atoms with van der Waals surface area (Å²) in [5.41, 5.74) is 1.63. The van der Waals surface area contributed by atoms with Crippen molar-refractivity contribution in [2.24, 2.45) is 0 Å². The molecule has 3 heteroatoms. The van der Waals surface area contributed by atoms with E-state index in [9.17, 15) is 0 Å². The smallest absolute Gasteiger partial charge is 0.0867 e. The highest BCUT2D eigenvalue weighted by atomic mass is 16.5. The van der Waals surface area contributed by atoms with Crippen molar-refractivity contribution in [1.82, 2.24) is 5.32 Å². The highest BCUT2D eigenvalue weighted by molar-refractivity contribution is 5.48. The van der Waals surface area contributed by atoms with Crippen molar-refractivity contribution in [3.05, 3.63) is 30.3 Å². The number of hydrogen-bond acceptors (Lipinski definition) is 3. The van der Waals surface area contributed by atoms with Gasteiger partial charge in [-0.15, -0.1) is 0 Å². The molecule has 114 valence electrons. The third-order valence-corrected chi connectivity index (χ3v) is 5.63. The maximum atomic E-state index is 6.69. The number of morpholine rings is 1. The van der Waals surface area contributed by atoms with Gasteiger partial charge in [0.15, 0.2) is 0 Å². The first-order chi connectivity index (χ1) is 10.2. The van der Waals surface area contributed by atoms with Gasteiger partial charge in [0.25, 0.3) is 0 Å². The van der Waals surface area contributed by atoms with Crippen LogP contribution in [0.2, 0.25) is 0 Å². The average Bonchev–Trinajstić information content (AvgIpc) is 3.27. The van der Waals surface area contributed by atoms with E-state index in [4.69, 9.17) is 4.74 Å². The molecule has 2 saturated carbocycles. The van der Waals surface area contributed by atoms with Crippen LogP contribution >= 0.6 is 0 Å². The molecule has 1 aliphatic heterocycles. The van der Waals surface area contributed by atoms with Gasteiger partial charge in [-0.2, -0.15) is 0 Å². The van der Waals surface area contributed by atoms with Gasteiger partial charge in [0.1, 0.15) is 0 Å². The summed E-state index contributed by atoms with van der Waals surface area (Å²) in [6.07, 6.45) is 7.37. The molecular formula is C18H26N2O. The van der Waals surface area contributed by atoms with Crippen LogP contribution in [0.3, 0.4) is 0 Å². The zero-order chi connectivity index (χ0) is 14.3. The lowest BCUT2D eigenvalue weighted by molar-refractivity contribution is -0.140. The van der Waals surface area contributed by atoms with Crippen LogP contribution in [0.15, 0.2) is 30.3 Å². The van der Waals surface area contributed by atoms with E-state index in [1.165, 1.54) is 44.2 Å². The number of benzene rings is 1. The minimum absolute atomic E-state index is 0.0952. The first-order valence-electron chi connectivity index (χ1n) is 8.40. The molecule has 3 nitrogen and oxygen atoms in total. The topological polar surface area (TPSA) is 24.5 Å². The summed E-state index contributed by atoms with van der Waals surface area (Å²) in [7, 11) is 2.09. The molecule has 1 aromatic carbocycles. The lowest BCUT2D eigenvalue weighted by Crippen LogP contribution is -2.59. The van der Waals surface area contributed by atoms with E-state index >= 15 is 0 Å². The zero-order valence-corrected chi connectivity index (χ0v) is 13.0. The highest BCUT2D eigenvalue weighted by Gasteiger charge is 2.55. The van der Waals surface area contributed by atoms with Crippen LogP contribution in [0, 0.1) is 0 Å². The molecular weight excluding hydrogens is 260 g/mol. The number of ether oxygens (including phenoxy) is 1. The van der Waals surface area contributed by atoms with Gasteiger partial charge >= 0.3 is 0 Å². The predicted octanol–water partition coefficient (Wildman–Crippen LogP) is 2.96. The fourth-order valence-corrected chi connectivity index (χ4v) is 4.19. The van der Waals surface area contributed by atoms with Gasteiger partial charge in [-0.3, -0.25) is 0 Å². The molecule has 0 unspecified atom stereocenters. The Morgan fingerprint density at radius 2 is 1.62 bits per heavy atom. The van der Waals surface area contributed by atoms with E-state index in [2.05, 4.69) is 47.6 Å². The fraction of sp³-hybridized carbons (Fsp3) is 0.667. The zero-order valence-electron chi connectivity index (χ0n) is 13.0. The highest BCUT2D eigenvalue weighted by Crippen LogP contribution is 2.50. The molecule has 0 aromatic heterocycles. The van der Waals surface area contributed by atoms with E-state index in [1.807, 2.05) is 0 Å². The van der Waals surface area contributed by atoms with Gasteiger partial charge in [0.05, 0.1) is 11.2 Å². The normalized spacial score (nSPS) is 34.3. The number of nitrogens with zero attached hydrogens (tertiary/aromatic N) is 1. The standard InChI is InChI=1S/C18H26N2O/c1-19-15-7-9-17(10-8-15)13-20(14-18(21-17)11-12-18)16-5-3-2-4-6-16/h2-6,15,19H,7-14H2,1H3/t15-,17-. The summed E-state index contributed by atoms with van der Waals surface area (Å²) in [4.78, 5) is 2.58. The van der Waals surface area contributed by atoms with E-state index in [0.717, 1.165) is 13.1 Å². The van der Waals surface area contributed by atoms with Crippen molar-refractivity contribution in [1.29, 1.82) is 0 Å². The summed E-state index contributed by atoms with van der Waals surface area (Å²) < 4.78 is 6.69. The summed E-state index contributed by atoms with van der Waals surface area (Å²) in [5, 5.41) is 3.44. The first kappa shape index (κ1) is 13.6. The van der Waals surface area contributed by atoms with Crippen LogP contribution < -0.4 is 10.2 Å². The average molecular weight is 286 g/mol. The third kappa shape index (κ3) is 2.58. The van der Waals surface area contributed by atoms with Crippen LogP contribution in [0.25, 0.3) is 0 Å². The Bertz CT molecular complexity index is 489. The number of hydrogen-bond donors (Lipinski definition) is 1. The third-order valence-electron chi connectivity index (χ3n) is 5.63. The van der Waals surface area contributed by atoms with E-state index in [1.54, 1.807) is 0 Å². The molecule has 2 spiro atoms. The van der Waals surface area contributed by atoms with Crippen LogP contribution in [0.4, 0.5) is 5.69 Å². The molecule has 4 rings (SSSR count). The molecule has 1 aromatic rings. The van der Waals surface area contributed by atoms with Crippen molar-refractivity contribution in [2.75, 3.05) is 25.0 Å². The molecule has 0 radical (unpaired) electrons. The van der Waals surface area contributed by atoms with Gasteiger partial charge in [0, 0.05) is 24.8 Å². The Morgan fingerprint density at radius 1 is 1.00 bits per heavy atom. The number of para-hydroxylation sites is 1. The van der Waals surface area contributed by atoms with Crippen LogP contribution in [-0.2, 0) is 4.74 Å². The Hall–Kier alpha value is -1.06. The molecule has 0 amide bonds. The van der Waals surface area contributed by atoms with Crippen molar-refractivity contribution in [3.8, 4) is 0 Å². The Kier molecular flexibility index (Phi) is 3.23. The summed E-state index contributed by atoms with van der Waals surface area (Å²) in [6, 6.07) is 11.6. The van der Waals surface area contributed by atoms with Crippen LogP contribution in [0.5, 0.6) is 0 Å².